The lowest BCUT2D eigenvalue weighted by Gasteiger charge is -2.28. The molecule has 2 aliphatic rings. The highest BCUT2D eigenvalue weighted by Gasteiger charge is 2.21. The van der Waals surface area contributed by atoms with Crippen molar-refractivity contribution in [3.05, 3.63) is 0 Å². The Morgan fingerprint density at radius 1 is 1.35 bits per heavy atom. The van der Waals surface area contributed by atoms with E-state index in [0.717, 1.165) is 45.4 Å². The fraction of sp³-hybridized carbons (Fsp3) is 0.923. The maximum Gasteiger partial charge on any atom is 0.306 e. The van der Waals surface area contributed by atoms with Gasteiger partial charge in [0.1, 0.15) is 6.10 Å². The van der Waals surface area contributed by atoms with Crippen molar-refractivity contribution in [2.75, 3.05) is 33.2 Å². The van der Waals surface area contributed by atoms with E-state index in [1.165, 1.54) is 6.42 Å². The number of ether oxygens (including phenoxy) is 1. The van der Waals surface area contributed by atoms with Crippen LogP contribution in [0.1, 0.15) is 32.1 Å². The number of esters is 1. The summed E-state index contributed by atoms with van der Waals surface area (Å²) in [7, 11) is 2.12. The molecule has 0 amide bonds. The molecule has 4 heteroatoms. The molecule has 2 aliphatic heterocycles. The third-order valence-electron chi connectivity index (χ3n) is 3.88. The van der Waals surface area contributed by atoms with Crippen LogP contribution in [0.15, 0.2) is 0 Å². The molecule has 0 saturated carbocycles. The highest BCUT2D eigenvalue weighted by molar-refractivity contribution is 5.69. The van der Waals surface area contributed by atoms with Crippen molar-refractivity contribution >= 4 is 5.97 Å². The summed E-state index contributed by atoms with van der Waals surface area (Å²) in [6, 6.07) is 0. The average Bonchev–Trinajstić information content (AvgIpc) is 2.83. The van der Waals surface area contributed by atoms with E-state index in [4.69, 9.17) is 4.74 Å². The van der Waals surface area contributed by atoms with Crippen LogP contribution in [0.25, 0.3) is 0 Å². The Hall–Kier alpha value is -0.610. The molecular formula is C13H24N2O2. The smallest absolute Gasteiger partial charge is 0.306 e. The van der Waals surface area contributed by atoms with Crippen LogP contribution in [0.5, 0.6) is 0 Å². The second-order valence-corrected chi connectivity index (χ2v) is 5.39. The Labute approximate surface area is 104 Å². The lowest BCUT2D eigenvalue weighted by molar-refractivity contribution is -0.151. The number of hydrogen-bond donors (Lipinski definition) is 1. The minimum Gasteiger partial charge on any atom is -0.462 e. The first kappa shape index (κ1) is 12.8. The van der Waals surface area contributed by atoms with Crippen LogP contribution in [-0.4, -0.2) is 50.2 Å². The molecule has 98 valence electrons. The topological polar surface area (TPSA) is 41.6 Å². The SMILES string of the molecule is CN1CCC(OC(=O)CCC2CCNC2)CC1. The predicted molar refractivity (Wildman–Crippen MR) is 66.8 cm³/mol. The summed E-state index contributed by atoms with van der Waals surface area (Å²) in [4.78, 5) is 14.0. The molecule has 0 spiro atoms. The first-order valence-electron chi connectivity index (χ1n) is 6.83. The number of nitrogens with one attached hydrogen (secondary N) is 1. The maximum absolute atomic E-state index is 11.7. The third kappa shape index (κ3) is 4.28. The number of carbonyl (C=O) groups is 1. The van der Waals surface area contributed by atoms with Crippen LogP contribution in [-0.2, 0) is 9.53 Å². The van der Waals surface area contributed by atoms with Gasteiger partial charge < -0.3 is 15.0 Å². The molecule has 2 fully saturated rings. The zero-order valence-corrected chi connectivity index (χ0v) is 10.8. The number of nitrogens with zero attached hydrogens (tertiary/aromatic N) is 1. The molecule has 0 aromatic carbocycles. The summed E-state index contributed by atoms with van der Waals surface area (Å²) in [6.45, 7) is 4.27. The highest BCUT2D eigenvalue weighted by atomic mass is 16.5. The molecule has 0 aromatic rings. The highest BCUT2D eigenvalue weighted by Crippen LogP contribution is 2.17. The molecule has 2 rings (SSSR count). The zero-order valence-electron chi connectivity index (χ0n) is 10.8. The minimum atomic E-state index is 0.00598. The lowest BCUT2D eigenvalue weighted by atomic mass is 10.0. The fourth-order valence-corrected chi connectivity index (χ4v) is 2.63. The van der Waals surface area contributed by atoms with Crippen molar-refractivity contribution in [2.24, 2.45) is 5.92 Å². The standard InChI is InChI=1S/C13H24N2O2/c1-15-8-5-12(6-9-15)17-13(16)3-2-11-4-7-14-10-11/h11-12,14H,2-10H2,1H3. The molecule has 2 saturated heterocycles. The molecule has 0 radical (unpaired) electrons. The van der Waals surface area contributed by atoms with E-state index in [-0.39, 0.29) is 12.1 Å². The van der Waals surface area contributed by atoms with Gasteiger partial charge in [-0.1, -0.05) is 0 Å². The Morgan fingerprint density at radius 3 is 2.76 bits per heavy atom. The minimum absolute atomic E-state index is 0.00598. The second-order valence-electron chi connectivity index (χ2n) is 5.39. The average molecular weight is 240 g/mol. The van der Waals surface area contributed by atoms with Gasteiger partial charge in [-0.2, -0.15) is 0 Å². The summed E-state index contributed by atoms with van der Waals surface area (Å²) in [6.07, 6.45) is 4.94. The van der Waals surface area contributed by atoms with Crippen molar-refractivity contribution in [2.45, 2.75) is 38.2 Å². The molecule has 0 bridgehead atoms. The van der Waals surface area contributed by atoms with Gasteiger partial charge in [-0.05, 0) is 51.7 Å². The van der Waals surface area contributed by atoms with E-state index >= 15 is 0 Å². The van der Waals surface area contributed by atoms with Crippen molar-refractivity contribution in [3.8, 4) is 0 Å². The van der Waals surface area contributed by atoms with Gasteiger partial charge in [0.15, 0.2) is 0 Å². The Bertz CT molecular complexity index is 244. The van der Waals surface area contributed by atoms with Gasteiger partial charge in [-0.3, -0.25) is 4.79 Å². The van der Waals surface area contributed by atoms with Crippen LogP contribution in [0.2, 0.25) is 0 Å². The van der Waals surface area contributed by atoms with Gasteiger partial charge in [0.2, 0.25) is 0 Å². The Balaban J connectivity index is 1.60. The van der Waals surface area contributed by atoms with Crippen molar-refractivity contribution in [3.63, 3.8) is 0 Å². The van der Waals surface area contributed by atoms with Crippen LogP contribution in [0.3, 0.4) is 0 Å². The van der Waals surface area contributed by atoms with Crippen molar-refractivity contribution in [1.82, 2.24) is 10.2 Å². The van der Waals surface area contributed by atoms with Gasteiger partial charge in [0.05, 0.1) is 0 Å². The first-order valence-corrected chi connectivity index (χ1v) is 6.83. The predicted octanol–water partition coefficient (Wildman–Crippen LogP) is 1.01. The van der Waals surface area contributed by atoms with E-state index < -0.39 is 0 Å². The second kappa shape index (κ2) is 6.36. The van der Waals surface area contributed by atoms with Crippen molar-refractivity contribution in [1.29, 1.82) is 0 Å². The van der Waals surface area contributed by atoms with Crippen molar-refractivity contribution < 1.29 is 9.53 Å². The van der Waals surface area contributed by atoms with E-state index in [1.54, 1.807) is 0 Å². The van der Waals surface area contributed by atoms with Crippen LogP contribution in [0, 0.1) is 5.92 Å². The molecule has 0 aromatic heterocycles. The largest absolute Gasteiger partial charge is 0.462 e. The van der Waals surface area contributed by atoms with Crippen LogP contribution >= 0.6 is 0 Å². The molecule has 1 N–H and O–H groups in total. The van der Waals surface area contributed by atoms with Gasteiger partial charge in [0.25, 0.3) is 0 Å². The lowest BCUT2D eigenvalue weighted by Crippen LogP contribution is -2.35. The normalized spacial score (nSPS) is 27.2. The van der Waals surface area contributed by atoms with E-state index in [9.17, 15) is 4.79 Å². The van der Waals surface area contributed by atoms with Gasteiger partial charge in [0, 0.05) is 19.5 Å². The van der Waals surface area contributed by atoms with Crippen LogP contribution < -0.4 is 5.32 Å². The number of carbonyl (C=O) groups excluding carboxylic acids is 1. The molecular weight excluding hydrogens is 216 g/mol. The molecule has 4 nitrogen and oxygen atoms in total. The Kier molecular flexibility index (Phi) is 4.80. The number of likely N-dealkylation sites (tertiary alicyclic amines) is 1. The summed E-state index contributed by atoms with van der Waals surface area (Å²) in [5.74, 6) is 0.687. The van der Waals surface area contributed by atoms with Gasteiger partial charge in [-0.15, -0.1) is 0 Å². The quantitative estimate of drug-likeness (QED) is 0.745. The van der Waals surface area contributed by atoms with E-state index in [1.807, 2.05) is 0 Å². The number of hydrogen-bond acceptors (Lipinski definition) is 4. The molecule has 0 aliphatic carbocycles. The summed E-state index contributed by atoms with van der Waals surface area (Å²) in [5.41, 5.74) is 0. The maximum atomic E-state index is 11.7. The summed E-state index contributed by atoms with van der Waals surface area (Å²) < 4.78 is 5.51. The number of piperidine rings is 1. The molecule has 1 atom stereocenters. The molecule has 17 heavy (non-hydrogen) atoms. The summed E-state index contributed by atoms with van der Waals surface area (Å²) >= 11 is 0. The van der Waals surface area contributed by atoms with Gasteiger partial charge >= 0.3 is 5.97 Å². The zero-order chi connectivity index (χ0) is 12.1. The van der Waals surface area contributed by atoms with Gasteiger partial charge in [-0.25, -0.2) is 0 Å². The number of rotatable bonds is 4. The monoisotopic (exact) mass is 240 g/mol. The molecule has 1 unspecified atom stereocenters. The fourth-order valence-electron chi connectivity index (χ4n) is 2.63. The Morgan fingerprint density at radius 2 is 2.12 bits per heavy atom. The first-order chi connectivity index (χ1) is 8.24. The van der Waals surface area contributed by atoms with Crippen LogP contribution in [0.4, 0.5) is 0 Å². The third-order valence-corrected chi connectivity index (χ3v) is 3.88. The molecule has 2 heterocycles. The van der Waals surface area contributed by atoms with E-state index in [0.29, 0.717) is 12.3 Å². The van der Waals surface area contributed by atoms with E-state index in [2.05, 4.69) is 17.3 Å². The summed E-state index contributed by atoms with van der Waals surface area (Å²) in [5, 5.41) is 3.32.